The number of aliphatic hydroxyl groups is 1. The van der Waals surface area contributed by atoms with E-state index in [0.717, 1.165) is 0 Å². The Labute approximate surface area is 98.8 Å². The number of hydrogen-bond acceptors (Lipinski definition) is 3. The van der Waals surface area contributed by atoms with Gasteiger partial charge in [0.2, 0.25) is 1.43 Å². The monoisotopic (exact) mass is 358 g/mol. The first-order chi connectivity index (χ1) is 6.70. The predicted octanol–water partition coefficient (Wildman–Crippen LogP) is -0.0290. The van der Waals surface area contributed by atoms with Crippen LogP contribution in [0.4, 0.5) is 0 Å². The molecule has 4 unspecified atom stereocenters. The average molecular weight is 358 g/mol. The minimum atomic E-state index is -0.421. The summed E-state index contributed by atoms with van der Waals surface area (Å²) in [5.41, 5.74) is 0. The minimum Gasteiger partial charge on any atom is -0.394 e. The standard InChI is InChI=1S/C7H12BO3.CH4.W/c1-4-6(10-2)5(3-9)11-7(4)8;;/h4-7,9H,1,3H2,2H3;1H4;/q-1;;/i9D;1T;. The Kier molecular flexibility index (Phi) is 6.30. The second kappa shape index (κ2) is 7.00. The van der Waals surface area contributed by atoms with Crippen LogP contribution in [0.15, 0.2) is 0 Å². The third-order valence-electron chi connectivity index (χ3n) is 1.98. The Morgan fingerprint density at radius 3 is 3.00 bits per heavy atom. The van der Waals surface area contributed by atoms with E-state index in [0.29, 0.717) is 0 Å². The molecule has 0 bridgehead atoms. The summed E-state index contributed by atoms with van der Waals surface area (Å²) in [5.74, 6) is -0.102. The molecule has 1 aliphatic rings. The van der Waals surface area contributed by atoms with Gasteiger partial charge in [-0.2, -0.15) is 0 Å². The molecule has 0 amide bonds. The summed E-state index contributed by atoms with van der Waals surface area (Å²) in [7, 11) is 8.40. The van der Waals surface area contributed by atoms with Gasteiger partial charge in [0.25, 0.3) is 0 Å². The first kappa shape index (κ1) is 11.7. The van der Waals surface area contributed by atoms with Crippen LogP contribution < -0.4 is 0 Å². The topological polar surface area (TPSA) is 38.7 Å². The van der Waals surface area contributed by atoms with Crippen LogP contribution in [0.2, 0.25) is 0 Å². The van der Waals surface area contributed by atoms with Gasteiger partial charge in [-0.15, -0.1) is 5.92 Å². The van der Waals surface area contributed by atoms with E-state index in [9.17, 15) is 0 Å². The molecule has 0 aromatic heterocycles. The van der Waals surface area contributed by atoms with Crippen molar-refractivity contribution in [2.24, 2.45) is 5.92 Å². The Bertz CT molecular complexity index is 156. The van der Waals surface area contributed by atoms with Crippen molar-refractivity contribution >= 4 is 7.85 Å². The van der Waals surface area contributed by atoms with Crippen molar-refractivity contribution in [1.29, 1.82) is 1.43 Å². The average Bonchev–Trinajstić information content (AvgIpc) is 2.46. The van der Waals surface area contributed by atoms with Crippen molar-refractivity contribution in [2.45, 2.75) is 25.6 Å². The summed E-state index contributed by atoms with van der Waals surface area (Å²) in [6, 6.07) is -0.421. The molecule has 0 spiro atoms. The summed E-state index contributed by atoms with van der Waals surface area (Å²) < 4.78 is 22.7. The van der Waals surface area contributed by atoms with Gasteiger partial charge in [-0.25, -0.2) is 0 Å². The molecule has 1 heterocycles. The number of methoxy groups -OCH3 is 1. The number of ether oxygens (including phenoxy) is 2. The molecule has 4 atom stereocenters. The molecule has 0 aromatic rings. The predicted molar refractivity (Wildman–Crippen MR) is 47.9 cm³/mol. The van der Waals surface area contributed by atoms with Crippen LogP contribution in [0.25, 0.3) is 0 Å². The first-order valence-corrected chi connectivity index (χ1v) is 3.55. The van der Waals surface area contributed by atoms with Crippen LogP contribution in [0.5, 0.6) is 0 Å². The first-order valence-electron chi connectivity index (χ1n) is 4.96. The van der Waals surface area contributed by atoms with Gasteiger partial charge in [-0.1, -0.05) is 7.40 Å². The Balaban J connectivity index is 0. The molecule has 5 heteroatoms. The van der Waals surface area contributed by atoms with E-state index in [2.05, 4.69) is 12.0 Å². The zero-order valence-electron chi connectivity index (χ0n) is 9.93. The SMILES string of the molecule is [2H]OCC1OC([B])C([CH2-])C1OC.[3H]C.[W]. The maximum atomic E-state index is 6.57. The van der Waals surface area contributed by atoms with Crippen molar-refractivity contribution in [3.63, 3.8) is 0 Å². The summed E-state index contributed by atoms with van der Waals surface area (Å²) in [6.07, 6.45) is -0.449. The maximum absolute atomic E-state index is 6.57. The molecule has 1 saturated heterocycles. The zero-order valence-corrected chi connectivity index (χ0v) is 10.9. The molecule has 1 aliphatic heterocycles. The van der Waals surface area contributed by atoms with E-state index < -0.39 is 6.00 Å². The summed E-state index contributed by atoms with van der Waals surface area (Å²) in [5, 5.41) is 4.22. The molecule has 76 valence electrons. The number of aliphatic hydroxyl groups excluding tert-OH is 1. The fraction of sp³-hybridized carbons (Fsp3) is 0.875. The zero-order chi connectivity index (χ0) is 11.1. The molecule has 13 heavy (non-hydrogen) atoms. The Hall–Kier alpha value is 0.633. The van der Waals surface area contributed by atoms with Gasteiger partial charge in [0.15, 0.2) is 0 Å². The summed E-state index contributed by atoms with van der Waals surface area (Å²) >= 11 is 0. The smallest absolute Gasteiger partial charge is 0.210 e. The number of hydrogen-bond donors (Lipinski definition) is 1. The van der Waals surface area contributed by atoms with E-state index >= 15 is 0 Å². The van der Waals surface area contributed by atoms with Gasteiger partial charge in [-0.05, 0) is 6.00 Å². The van der Waals surface area contributed by atoms with Crippen LogP contribution in [0, 0.1) is 12.8 Å². The van der Waals surface area contributed by atoms with Gasteiger partial charge in [0.05, 0.1) is 12.7 Å². The molecule has 0 aliphatic carbocycles. The second-order valence-electron chi connectivity index (χ2n) is 2.67. The third kappa shape index (κ3) is 3.36. The number of rotatable bonds is 3. The quantitative estimate of drug-likeness (QED) is 0.569. The van der Waals surface area contributed by atoms with Crippen LogP contribution >= 0.6 is 0 Å². The molecule has 2 radical (unpaired) electrons. The fourth-order valence-corrected chi connectivity index (χ4v) is 1.30. The third-order valence-corrected chi connectivity index (χ3v) is 1.98. The fourth-order valence-electron chi connectivity index (χ4n) is 1.30. The van der Waals surface area contributed by atoms with Gasteiger partial charge in [0, 0.05) is 29.5 Å². The van der Waals surface area contributed by atoms with E-state index in [4.69, 9.17) is 20.1 Å². The van der Waals surface area contributed by atoms with E-state index in [1.165, 1.54) is 7.40 Å². The van der Waals surface area contributed by atoms with E-state index in [1.54, 1.807) is 7.11 Å². The van der Waals surface area contributed by atoms with Crippen molar-refractivity contribution < 1.29 is 37.0 Å². The Morgan fingerprint density at radius 2 is 2.54 bits per heavy atom. The molecule has 0 saturated carbocycles. The normalized spacial score (nSPS) is 39.3. The van der Waals surface area contributed by atoms with E-state index in [-0.39, 0.29) is 45.8 Å². The Morgan fingerprint density at radius 1 is 1.92 bits per heavy atom. The van der Waals surface area contributed by atoms with Gasteiger partial charge in [0.1, 0.15) is 14.0 Å². The van der Waals surface area contributed by atoms with Crippen molar-refractivity contribution in [3.05, 3.63) is 6.92 Å². The van der Waals surface area contributed by atoms with E-state index in [1.807, 2.05) is 0 Å². The van der Waals surface area contributed by atoms with Gasteiger partial charge in [-0.3, -0.25) is 0 Å². The second-order valence-corrected chi connectivity index (χ2v) is 2.67. The van der Waals surface area contributed by atoms with Crippen molar-refractivity contribution in [3.8, 4) is 0 Å². The van der Waals surface area contributed by atoms with Crippen LogP contribution in [-0.2, 0) is 30.5 Å². The van der Waals surface area contributed by atoms with Crippen LogP contribution in [-0.4, -0.2) is 46.3 Å². The molecule has 0 aromatic carbocycles. The summed E-state index contributed by atoms with van der Waals surface area (Å²) in [6.45, 7) is 3.98. The van der Waals surface area contributed by atoms with Gasteiger partial charge >= 0.3 is 0 Å². The van der Waals surface area contributed by atoms with Crippen LogP contribution in [0.3, 0.4) is 0 Å². The molecule has 3 nitrogen and oxygen atoms in total. The van der Waals surface area contributed by atoms with Crippen LogP contribution in [0.1, 0.15) is 8.77 Å². The summed E-state index contributed by atoms with van der Waals surface area (Å²) in [4.78, 5) is 0. The maximum Gasteiger partial charge on any atom is 0.210 e. The van der Waals surface area contributed by atoms with Crippen molar-refractivity contribution in [2.75, 3.05) is 13.7 Å². The van der Waals surface area contributed by atoms with Gasteiger partial charge < -0.3 is 21.5 Å². The van der Waals surface area contributed by atoms with Crippen molar-refractivity contribution in [1.82, 2.24) is 0 Å². The largest absolute Gasteiger partial charge is 0.394 e. The molecule has 1 fully saturated rings. The molecule has 1 N–H and O–H groups in total. The minimum absolute atomic E-state index is 0. The molecule has 1 rings (SSSR count). The molecular weight excluding hydrogens is 339 g/mol. The molecular formula is C8H16BO3W-.